The predicted molar refractivity (Wildman–Crippen MR) is 100 cm³/mol. The molecular formula is C16H15ClN6O3S. The minimum absolute atomic E-state index is 0.0102. The second-order valence-electron chi connectivity index (χ2n) is 5.41. The summed E-state index contributed by atoms with van der Waals surface area (Å²) in [5.74, 6) is -0.287. The van der Waals surface area contributed by atoms with E-state index in [1.54, 1.807) is 10.9 Å². The largest absolute Gasteiger partial charge is 0.322 e. The van der Waals surface area contributed by atoms with Crippen molar-refractivity contribution in [2.24, 2.45) is 0 Å². The fraction of sp³-hybridized carbons (Fsp3) is 0.125. The number of carbonyl (C=O) groups excluding carboxylic acids is 1. The van der Waals surface area contributed by atoms with Crippen molar-refractivity contribution >= 4 is 39.0 Å². The van der Waals surface area contributed by atoms with E-state index in [1.807, 2.05) is 6.92 Å². The molecule has 1 aromatic carbocycles. The van der Waals surface area contributed by atoms with Crippen molar-refractivity contribution in [3.8, 4) is 0 Å². The predicted octanol–water partition coefficient (Wildman–Crippen LogP) is 2.40. The van der Waals surface area contributed by atoms with Gasteiger partial charge in [-0.1, -0.05) is 11.6 Å². The summed E-state index contributed by atoms with van der Waals surface area (Å²) in [7, 11) is -3.85. The number of rotatable bonds is 6. The summed E-state index contributed by atoms with van der Waals surface area (Å²) < 4.78 is 28.7. The number of amides is 1. The molecule has 2 aromatic heterocycles. The van der Waals surface area contributed by atoms with Crippen LogP contribution in [0.1, 0.15) is 17.3 Å². The Morgan fingerprint density at radius 3 is 2.48 bits per heavy atom. The lowest BCUT2D eigenvalue weighted by Gasteiger charge is -2.08. The van der Waals surface area contributed by atoms with E-state index in [1.165, 1.54) is 42.6 Å². The Kier molecular flexibility index (Phi) is 5.38. The number of benzene rings is 1. The van der Waals surface area contributed by atoms with E-state index in [0.29, 0.717) is 17.8 Å². The van der Waals surface area contributed by atoms with Gasteiger partial charge in [-0.05, 0) is 43.3 Å². The van der Waals surface area contributed by atoms with Crippen molar-refractivity contribution in [1.29, 1.82) is 0 Å². The monoisotopic (exact) mass is 406 g/mol. The summed E-state index contributed by atoms with van der Waals surface area (Å²) in [6.45, 7) is 2.57. The van der Waals surface area contributed by atoms with Crippen molar-refractivity contribution in [3.63, 3.8) is 0 Å². The molecule has 0 unspecified atom stereocenters. The highest BCUT2D eigenvalue weighted by Gasteiger charge is 2.16. The zero-order chi connectivity index (χ0) is 19.4. The topological polar surface area (TPSA) is 119 Å². The second-order valence-corrected chi connectivity index (χ2v) is 7.48. The molecule has 3 aromatic rings. The molecule has 27 heavy (non-hydrogen) atoms. The molecule has 2 N–H and O–H groups in total. The average Bonchev–Trinajstić information content (AvgIpc) is 3.13. The van der Waals surface area contributed by atoms with Crippen LogP contribution in [-0.4, -0.2) is 34.3 Å². The Labute approximate surface area is 160 Å². The highest BCUT2D eigenvalue weighted by atomic mass is 35.5. The van der Waals surface area contributed by atoms with Gasteiger partial charge in [0.1, 0.15) is 0 Å². The molecule has 140 valence electrons. The van der Waals surface area contributed by atoms with Crippen molar-refractivity contribution in [2.45, 2.75) is 18.4 Å². The van der Waals surface area contributed by atoms with Crippen molar-refractivity contribution < 1.29 is 13.2 Å². The van der Waals surface area contributed by atoms with Gasteiger partial charge in [-0.3, -0.25) is 14.2 Å². The SMILES string of the molecule is CCn1cc(C(=O)Nc2ccc(S(=O)(=O)Nc3ccc(Cl)nn3)cc2)cn1. The third-order valence-electron chi connectivity index (χ3n) is 3.51. The number of hydrogen-bond acceptors (Lipinski definition) is 6. The fourth-order valence-corrected chi connectivity index (χ4v) is 3.24. The first-order valence-corrected chi connectivity index (χ1v) is 9.69. The van der Waals surface area contributed by atoms with Crippen LogP contribution in [0.5, 0.6) is 0 Å². The zero-order valence-corrected chi connectivity index (χ0v) is 15.7. The molecule has 0 aliphatic rings. The highest BCUT2D eigenvalue weighted by Crippen LogP contribution is 2.18. The zero-order valence-electron chi connectivity index (χ0n) is 14.1. The van der Waals surface area contributed by atoms with Crippen LogP contribution in [0.4, 0.5) is 11.5 Å². The third-order valence-corrected chi connectivity index (χ3v) is 5.09. The lowest BCUT2D eigenvalue weighted by atomic mass is 10.3. The van der Waals surface area contributed by atoms with Crippen LogP contribution < -0.4 is 10.0 Å². The molecule has 0 radical (unpaired) electrons. The Morgan fingerprint density at radius 1 is 1.15 bits per heavy atom. The van der Waals surface area contributed by atoms with Gasteiger partial charge in [0, 0.05) is 18.4 Å². The summed E-state index contributed by atoms with van der Waals surface area (Å²) in [6, 6.07) is 8.55. The smallest absolute Gasteiger partial charge is 0.263 e. The van der Waals surface area contributed by atoms with Gasteiger partial charge >= 0.3 is 0 Å². The van der Waals surface area contributed by atoms with E-state index in [2.05, 4.69) is 25.3 Å². The number of aromatic nitrogens is 4. The van der Waals surface area contributed by atoms with E-state index >= 15 is 0 Å². The molecule has 11 heteroatoms. The number of sulfonamides is 1. The molecule has 0 saturated heterocycles. The molecule has 9 nitrogen and oxygen atoms in total. The normalized spacial score (nSPS) is 11.2. The van der Waals surface area contributed by atoms with E-state index in [0.717, 1.165) is 0 Å². The first kappa shape index (κ1) is 18.8. The van der Waals surface area contributed by atoms with Gasteiger partial charge in [-0.2, -0.15) is 5.10 Å². The number of nitrogens with zero attached hydrogens (tertiary/aromatic N) is 4. The van der Waals surface area contributed by atoms with Crippen molar-refractivity contribution in [2.75, 3.05) is 10.0 Å². The van der Waals surface area contributed by atoms with Crippen LogP contribution in [0.15, 0.2) is 53.7 Å². The van der Waals surface area contributed by atoms with Crippen LogP contribution in [-0.2, 0) is 16.6 Å². The maximum absolute atomic E-state index is 12.4. The number of carbonyl (C=O) groups is 1. The number of aryl methyl sites for hydroxylation is 1. The molecule has 0 aliphatic heterocycles. The lowest BCUT2D eigenvalue weighted by Crippen LogP contribution is -2.15. The number of hydrogen-bond donors (Lipinski definition) is 2. The van der Waals surface area contributed by atoms with Gasteiger partial charge in [0.2, 0.25) is 0 Å². The molecule has 0 fully saturated rings. The molecule has 1 amide bonds. The van der Waals surface area contributed by atoms with E-state index in [-0.39, 0.29) is 21.8 Å². The minimum atomic E-state index is -3.85. The molecule has 3 rings (SSSR count). The average molecular weight is 407 g/mol. The Hall–Kier alpha value is -2.98. The second kappa shape index (κ2) is 7.72. The van der Waals surface area contributed by atoms with Gasteiger partial charge in [-0.15, -0.1) is 10.2 Å². The Bertz CT molecular complexity index is 1050. The van der Waals surface area contributed by atoms with Gasteiger partial charge < -0.3 is 5.32 Å². The van der Waals surface area contributed by atoms with Crippen LogP contribution in [0, 0.1) is 0 Å². The van der Waals surface area contributed by atoms with Gasteiger partial charge in [0.15, 0.2) is 11.0 Å². The lowest BCUT2D eigenvalue weighted by molar-refractivity contribution is 0.102. The fourth-order valence-electron chi connectivity index (χ4n) is 2.14. The van der Waals surface area contributed by atoms with Crippen LogP contribution in [0.25, 0.3) is 0 Å². The standard InChI is InChI=1S/C16H15ClN6O3S/c1-2-23-10-11(9-18-23)16(24)19-12-3-5-13(6-4-12)27(25,26)22-15-8-7-14(17)20-21-15/h3-10H,2H2,1H3,(H,19,24)(H,21,22). The molecule has 0 bridgehead atoms. The van der Waals surface area contributed by atoms with Gasteiger partial charge in [0.05, 0.1) is 16.7 Å². The number of nitrogens with one attached hydrogen (secondary N) is 2. The first-order valence-electron chi connectivity index (χ1n) is 7.83. The number of halogens is 1. The summed E-state index contributed by atoms with van der Waals surface area (Å²) in [5, 5.41) is 14.1. The first-order chi connectivity index (χ1) is 12.9. The number of anilines is 2. The Balaban J connectivity index is 1.70. The van der Waals surface area contributed by atoms with Crippen LogP contribution in [0.3, 0.4) is 0 Å². The Morgan fingerprint density at radius 2 is 1.89 bits per heavy atom. The quantitative estimate of drug-likeness (QED) is 0.648. The van der Waals surface area contributed by atoms with Crippen molar-refractivity contribution in [3.05, 3.63) is 59.5 Å². The highest BCUT2D eigenvalue weighted by molar-refractivity contribution is 7.92. The molecule has 0 spiro atoms. The molecule has 0 saturated carbocycles. The van der Waals surface area contributed by atoms with Crippen LogP contribution >= 0.6 is 11.6 Å². The van der Waals surface area contributed by atoms with Crippen LogP contribution in [0.2, 0.25) is 5.15 Å². The minimum Gasteiger partial charge on any atom is -0.322 e. The van der Waals surface area contributed by atoms with Gasteiger partial charge in [-0.25, -0.2) is 8.42 Å². The summed E-state index contributed by atoms with van der Waals surface area (Å²) in [6.07, 6.45) is 3.10. The van der Waals surface area contributed by atoms with Crippen molar-refractivity contribution in [1.82, 2.24) is 20.0 Å². The maximum Gasteiger partial charge on any atom is 0.263 e. The molecule has 2 heterocycles. The third kappa shape index (κ3) is 4.60. The van der Waals surface area contributed by atoms with Gasteiger partial charge in [0.25, 0.3) is 15.9 Å². The summed E-state index contributed by atoms with van der Waals surface area (Å²) in [5.41, 5.74) is 0.867. The van der Waals surface area contributed by atoms with E-state index in [4.69, 9.17) is 11.6 Å². The molecule has 0 atom stereocenters. The van der Waals surface area contributed by atoms with E-state index in [9.17, 15) is 13.2 Å². The molecule has 0 aliphatic carbocycles. The molecular weight excluding hydrogens is 392 g/mol. The summed E-state index contributed by atoms with van der Waals surface area (Å²) >= 11 is 5.62. The maximum atomic E-state index is 12.4. The summed E-state index contributed by atoms with van der Waals surface area (Å²) in [4.78, 5) is 12.2. The van der Waals surface area contributed by atoms with E-state index < -0.39 is 10.0 Å².